The highest BCUT2D eigenvalue weighted by Gasteiger charge is 2.19. The van der Waals surface area contributed by atoms with Crippen LogP contribution < -0.4 is 0 Å². The lowest BCUT2D eigenvalue weighted by molar-refractivity contribution is 1.62. The van der Waals surface area contributed by atoms with Gasteiger partial charge in [0, 0.05) is 17.9 Å². The molecule has 0 aliphatic carbocycles. The summed E-state index contributed by atoms with van der Waals surface area (Å²) in [7, 11) is 0. The van der Waals surface area contributed by atoms with E-state index in [9.17, 15) is 0 Å². The average Bonchev–Trinajstić information content (AvgIpc) is 3.29. The highest BCUT2D eigenvalue weighted by atomic mass is 127. The molecule has 0 saturated heterocycles. The summed E-state index contributed by atoms with van der Waals surface area (Å²) < 4.78 is 8.27. The van der Waals surface area contributed by atoms with Gasteiger partial charge >= 0.3 is 0 Å². The van der Waals surface area contributed by atoms with Gasteiger partial charge in [-0.15, -0.1) is 11.3 Å². The quantitative estimate of drug-likeness (QED) is 0.130. The van der Waals surface area contributed by atoms with Crippen molar-refractivity contribution in [2.75, 3.05) is 0 Å². The third kappa shape index (κ3) is 3.28. The number of benzene rings is 4. The topological polar surface area (TPSA) is 0 Å². The molecule has 0 bridgehead atoms. The minimum absolute atomic E-state index is 1.27. The van der Waals surface area contributed by atoms with Gasteiger partial charge in [0.25, 0.3) is 0 Å². The smallest absolute Gasteiger partial charge is 0.129 e. The first-order chi connectivity index (χ1) is 14.7. The van der Waals surface area contributed by atoms with Crippen LogP contribution in [0.2, 0.25) is 0 Å². The maximum absolute atomic E-state index is 2.37. The van der Waals surface area contributed by atoms with Crippen molar-refractivity contribution in [2.45, 2.75) is 0 Å². The van der Waals surface area contributed by atoms with Gasteiger partial charge in [-0.2, -0.15) is 0 Å². The van der Waals surface area contributed by atoms with Gasteiger partial charge < -0.3 is 0 Å². The lowest BCUT2D eigenvalue weighted by Crippen LogP contribution is -1.78. The lowest BCUT2D eigenvalue weighted by atomic mass is 10.0. The molecule has 0 saturated carbocycles. The van der Waals surface area contributed by atoms with Crippen LogP contribution in [-0.4, -0.2) is 0 Å². The fourth-order valence-corrected chi connectivity index (χ4v) is 7.57. The summed E-state index contributed by atoms with van der Waals surface area (Å²) in [5.74, 6) is 0. The monoisotopic (exact) mass is 645 g/mol. The molecule has 4 aromatic carbocycles. The van der Waals surface area contributed by atoms with Gasteiger partial charge in [0.15, 0.2) is 9.40 Å². The number of fused-ring (bicyclic) bond motifs is 5. The molecule has 6 aromatic rings. The van der Waals surface area contributed by atoms with Gasteiger partial charge in [0.2, 0.25) is 0 Å². The van der Waals surface area contributed by atoms with Gasteiger partial charge in [-0.3, -0.25) is 0 Å². The van der Waals surface area contributed by atoms with Crippen LogP contribution in [0.5, 0.6) is 0 Å². The summed E-state index contributed by atoms with van der Waals surface area (Å²) in [6.07, 6.45) is 0. The van der Waals surface area contributed by atoms with E-state index in [-0.39, 0.29) is 0 Å². The van der Waals surface area contributed by atoms with E-state index in [1.165, 1.54) is 70.3 Å². The van der Waals surface area contributed by atoms with Crippen LogP contribution in [0, 0.1) is 7.14 Å². The molecule has 0 radical (unpaired) electrons. The molecule has 0 spiro atoms. The van der Waals surface area contributed by atoms with Crippen LogP contribution in [0.25, 0.3) is 51.8 Å². The van der Waals surface area contributed by atoms with Crippen molar-refractivity contribution < 1.29 is 0 Å². The van der Waals surface area contributed by atoms with Gasteiger partial charge in [-0.05, 0) is 121 Å². The Kier molecular flexibility index (Phi) is 4.86. The van der Waals surface area contributed by atoms with Crippen molar-refractivity contribution in [3.63, 3.8) is 0 Å². The van der Waals surface area contributed by atoms with E-state index in [1.807, 2.05) is 11.3 Å². The molecule has 30 heavy (non-hydrogen) atoms. The minimum Gasteiger partial charge on any atom is -0.129 e. The first kappa shape index (κ1) is 19.2. The summed E-state index contributed by atoms with van der Waals surface area (Å²) in [4.78, 5) is 0. The van der Waals surface area contributed by atoms with E-state index < -0.39 is 0 Å². The zero-order valence-electron chi connectivity index (χ0n) is 15.7. The maximum atomic E-state index is 2.37. The predicted molar refractivity (Wildman–Crippen MR) is 152 cm³/mol. The van der Waals surface area contributed by atoms with E-state index in [0.29, 0.717) is 0 Å². The Bertz CT molecular complexity index is 1420. The normalized spacial score (nSPS) is 11.7. The van der Waals surface area contributed by atoms with E-state index in [2.05, 4.69) is 130 Å². The van der Waals surface area contributed by atoms with Crippen molar-refractivity contribution in [1.82, 2.24) is 0 Å². The first-order valence-corrected chi connectivity index (χ1v) is 13.5. The van der Waals surface area contributed by atoms with Crippen LogP contribution in [-0.2, 0) is 0 Å². The van der Waals surface area contributed by atoms with Crippen molar-refractivity contribution in [1.29, 1.82) is 0 Å². The van der Waals surface area contributed by atoms with Gasteiger partial charge in [0.05, 0.1) is 10.8 Å². The third-order valence-electron chi connectivity index (χ3n) is 5.49. The SMILES string of the molecule is Ic1ccc(-c2ccc3c(c2)sc2c4ccc(-c5ccc(I)cc5)cc4[sH+]c32)cc1. The molecule has 0 amide bonds. The summed E-state index contributed by atoms with van der Waals surface area (Å²) in [5.41, 5.74) is 5.17. The van der Waals surface area contributed by atoms with E-state index in [0.717, 1.165) is 0 Å². The van der Waals surface area contributed by atoms with E-state index in [4.69, 9.17) is 0 Å². The molecule has 0 unspecified atom stereocenters. The number of hydrogen-bond acceptors (Lipinski definition) is 1. The molecule has 0 N–H and O–H groups in total. The molecule has 2 heterocycles. The average molecular weight is 645 g/mol. The number of thiophene rings is 2. The predicted octanol–water partition coefficient (Wildman–Crippen LogP) is 9.54. The zero-order valence-corrected chi connectivity index (χ0v) is 21.7. The van der Waals surface area contributed by atoms with Crippen molar-refractivity contribution in [2.24, 2.45) is 0 Å². The molecule has 0 nitrogen and oxygen atoms in total. The second kappa shape index (κ2) is 7.58. The van der Waals surface area contributed by atoms with E-state index in [1.54, 1.807) is 0 Å². The summed E-state index contributed by atoms with van der Waals surface area (Å²) in [5, 5.41) is 2.80. The van der Waals surface area contributed by atoms with E-state index >= 15 is 0 Å². The number of halogens is 2. The maximum Gasteiger partial charge on any atom is 0.198 e. The molecule has 0 aliphatic rings. The zero-order chi connectivity index (χ0) is 20.2. The second-order valence-electron chi connectivity index (χ2n) is 7.35. The fourth-order valence-electron chi connectivity index (χ4n) is 3.96. The molecule has 4 heteroatoms. The standard InChI is InChI=1S/C26H14I2S2/c27-19-7-1-15(2-8-19)17-5-11-21-23(13-17)29-26-22-12-6-18(14-24(22)30-25(21)26)16-3-9-20(28)10-4-16/h1-14H/p+1. The van der Waals surface area contributed by atoms with Crippen molar-refractivity contribution >= 4 is 97.4 Å². The molecular formula is C26H15I2S2+. The highest BCUT2D eigenvalue weighted by Crippen LogP contribution is 2.45. The molecule has 0 fully saturated rings. The molecule has 0 aliphatic heterocycles. The van der Waals surface area contributed by atoms with Gasteiger partial charge in [-0.1, -0.05) is 36.4 Å². The highest BCUT2D eigenvalue weighted by molar-refractivity contribution is 14.1. The van der Waals surface area contributed by atoms with Crippen molar-refractivity contribution in [3.05, 3.63) is 92.1 Å². The molecular weight excluding hydrogens is 630 g/mol. The minimum atomic E-state index is 1.27. The van der Waals surface area contributed by atoms with Crippen LogP contribution >= 0.6 is 67.9 Å². The Morgan fingerprint density at radius 3 is 1.73 bits per heavy atom. The lowest BCUT2D eigenvalue weighted by Gasteiger charge is -2.02. The largest absolute Gasteiger partial charge is 0.198 e. The van der Waals surface area contributed by atoms with Crippen LogP contribution in [0.15, 0.2) is 84.9 Å². The third-order valence-corrected chi connectivity index (χ3v) is 9.57. The van der Waals surface area contributed by atoms with Crippen LogP contribution in [0.3, 0.4) is 0 Å². The molecule has 0 atom stereocenters. The van der Waals surface area contributed by atoms with Crippen LogP contribution in [0.1, 0.15) is 0 Å². The Labute approximate surface area is 209 Å². The van der Waals surface area contributed by atoms with Gasteiger partial charge in [-0.25, -0.2) is 0 Å². The number of hydrogen-bond donors (Lipinski definition) is 0. The van der Waals surface area contributed by atoms with Crippen LogP contribution in [0.4, 0.5) is 0 Å². The van der Waals surface area contributed by atoms with Crippen molar-refractivity contribution in [3.8, 4) is 22.3 Å². The molecule has 6 rings (SSSR count). The molecule has 144 valence electrons. The Hall–Kier alpha value is -1.48. The molecule has 2 aromatic heterocycles. The fraction of sp³-hybridized carbons (Fsp3) is 0. The number of rotatable bonds is 2. The first-order valence-electron chi connectivity index (χ1n) is 9.60. The summed E-state index contributed by atoms with van der Waals surface area (Å²) >= 11 is 7.98. The second-order valence-corrected chi connectivity index (χ2v) is 12.0. The Balaban J connectivity index is 1.48. The Morgan fingerprint density at radius 2 is 1.10 bits per heavy atom. The Morgan fingerprint density at radius 1 is 0.567 bits per heavy atom. The van der Waals surface area contributed by atoms with Gasteiger partial charge in [0.1, 0.15) is 4.70 Å². The summed E-state index contributed by atoms with van der Waals surface area (Å²) in [6.45, 7) is 0. The summed E-state index contributed by atoms with van der Waals surface area (Å²) in [6, 6.07) is 31.5.